The summed E-state index contributed by atoms with van der Waals surface area (Å²) in [4.78, 5) is 4.25. The molecular formula is C23H26ClN3O4S. The highest BCUT2D eigenvalue weighted by molar-refractivity contribution is 7.89. The number of benzene rings is 2. The lowest BCUT2D eigenvalue weighted by Crippen LogP contribution is -2.44. The fraction of sp³-hybridized carbons (Fsp3) is 0.261. The van der Waals surface area contributed by atoms with Crippen LogP contribution in [-0.2, 0) is 15.6 Å². The Balaban J connectivity index is 0.00000289. The Morgan fingerprint density at radius 1 is 1.09 bits per heavy atom. The van der Waals surface area contributed by atoms with E-state index in [4.69, 9.17) is 4.42 Å². The molecule has 2 aromatic heterocycles. The van der Waals surface area contributed by atoms with Gasteiger partial charge < -0.3 is 14.8 Å². The zero-order valence-electron chi connectivity index (χ0n) is 17.8. The first-order chi connectivity index (χ1) is 14.7. The fourth-order valence-electron chi connectivity index (χ4n) is 3.54. The number of rotatable bonds is 8. The Hall–Kier alpha value is -2.49. The van der Waals surface area contributed by atoms with Gasteiger partial charge in [0.15, 0.2) is 0 Å². The van der Waals surface area contributed by atoms with Crippen LogP contribution in [0.25, 0.3) is 21.7 Å². The molecule has 0 radical (unpaired) electrons. The molecule has 7 nitrogen and oxygen atoms in total. The van der Waals surface area contributed by atoms with Gasteiger partial charge in [0.1, 0.15) is 5.58 Å². The quantitative estimate of drug-likeness (QED) is 0.360. The summed E-state index contributed by atoms with van der Waals surface area (Å²) in [6.07, 6.45) is 4.94. The van der Waals surface area contributed by atoms with E-state index in [0.29, 0.717) is 6.54 Å². The Morgan fingerprint density at radius 2 is 1.91 bits per heavy atom. The van der Waals surface area contributed by atoms with Gasteiger partial charge in [-0.15, -0.1) is 12.4 Å². The summed E-state index contributed by atoms with van der Waals surface area (Å²) >= 11 is 0. The third-order valence-corrected chi connectivity index (χ3v) is 6.86. The van der Waals surface area contributed by atoms with Crippen LogP contribution in [0.4, 0.5) is 0 Å². The molecule has 0 saturated heterocycles. The predicted octanol–water partition coefficient (Wildman–Crippen LogP) is 3.57. The van der Waals surface area contributed by atoms with Crippen LogP contribution in [0, 0.1) is 0 Å². The number of fused-ring (bicyclic) bond motifs is 2. The third kappa shape index (κ3) is 5.28. The number of nitrogens with zero attached hydrogens (tertiary/aromatic N) is 1. The lowest BCUT2D eigenvalue weighted by Gasteiger charge is -2.25. The van der Waals surface area contributed by atoms with E-state index in [9.17, 15) is 13.5 Å². The van der Waals surface area contributed by atoms with E-state index in [1.165, 1.54) is 0 Å². The minimum Gasteiger partial charge on any atom is -0.464 e. The number of aliphatic hydroxyl groups is 1. The molecule has 0 bridgehead atoms. The molecular weight excluding hydrogens is 450 g/mol. The maximum atomic E-state index is 12.8. The zero-order valence-corrected chi connectivity index (χ0v) is 19.4. The van der Waals surface area contributed by atoms with Gasteiger partial charge in [-0.1, -0.05) is 12.1 Å². The maximum Gasteiger partial charge on any atom is 0.240 e. The lowest BCUT2D eigenvalue weighted by atomic mass is 9.95. The number of pyridine rings is 1. The van der Waals surface area contributed by atoms with Gasteiger partial charge >= 0.3 is 0 Å². The maximum absolute atomic E-state index is 12.8. The highest BCUT2D eigenvalue weighted by Gasteiger charge is 2.24. The second kappa shape index (κ2) is 9.56. The molecule has 1 unspecified atom stereocenters. The first-order valence-corrected chi connectivity index (χ1v) is 11.5. The molecule has 32 heavy (non-hydrogen) atoms. The number of furan rings is 1. The molecule has 0 amide bonds. The first-order valence-electron chi connectivity index (χ1n) is 10.0. The molecule has 4 rings (SSSR count). The van der Waals surface area contributed by atoms with Crippen LogP contribution in [0.5, 0.6) is 0 Å². The molecule has 0 aliphatic rings. The van der Waals surface area contributed by atoms with Crippen molar-refractivity contribution in [2.24, 2.45) is 0 Å². The van der Waals surface area contributed by atoms with Crippen molar-refractivity contribution < 1.29 is 17.9 Å². The van der Waals surface area contributed by atoms with Crippen molar-refractivity contribution >= 4 is 44.2 Å². The molecule has 2 aromatic carbocycles. The molecule has 2 atom stereocenters. The minimum atomic E-state index is -3.67. The van der Waals surface area contributed by atoms with Crippen LogP contribution >= 0.6 is 12.4 Å². The predicted molar refractivity (Wildman–Crippen MR) is 127 cm³/mol. The van der Waals surface area contributed by atoms with Crippen molar-refractivity contribution in [1.29, 1.82) is 0 Å². The summed E-state index contributed by atoms with van der Waals surface area (Å²) in [5.41, 5.74) is 0.407. The minimum absolute atomic E-state index is 0. The van der Waals surface area contributed by atoms with Crippen LogP contribution in [0.3, 0.4) is 0 Å². The molecule has 0 saturated carbocycles. The Bertz CT molecular complexity index is 1320. The normalized spacial score (nSPS) is 14.7. The van der Waals surface area contributed by atoms with E-state index >= 15 is 0 Å². The third-order valence-electron chi connectivity index (χ3n) is 5.27. The van der Waals surface area contributed by atoms with Crippen LogP contribution < -0.4 is 10.0 Å². The van der Waals surface area contributed by atoms with Crippen LogP contribution in [0.15, 0.2) is 76.5 Å². The topological polar surface area (TPSA) is 104 Å². The summed E-state index contributed by atoms with van der Waals surface area (Å²) in [5, 5.41) is 16.6. The highest BCUT2D eigenvalue weighted by Crippen LogP contribution is 2.25. The van der Waals surface area contributed by atoms with E-state index in [1.54, 1.807) is 56.8 Å². The molecule has 9 heteroatoms. The zero-order chi connectivity index (χ0) is 22.1. The summed E-state index contributed by atoms with van der Waals surface area (Å²) < 4.78 is 33.5. The van der Waals surface area contributed by atoms with Crippen molar-refractivity contribution in [2.75, 3.05) is 13.1 Å². The number of sulfonamides is 1. The van der Waals surface area contributed by atoms with Crippen molar-refractivity contribution in [3.05, 3.63) is 72.8 Å². The van der Waals surface area contributed by atoms with E-state index in [-0.39, 0.29) is 29.9 Å². The van der Waals surface area contributed by atoms with Crippen molar-refractivity contribution in [3.8, 4) is 0 Å². The van der Waals surface area contributed by atoms with Crippen molar-refractivity contribution in [2.45, 2.75) is 30.4 Å². The summed E-state index contributed by atoms with van der Waals surface area (Å²) in [5.74, 6) is 0. The number of nitrogens with one attached hydrogen (secondary N) is 2. The smallest absolute Gasteiger partial charge is 0.240 e. The molecule has 0 fully saturated rings. The average molecular weight is 476 g/mol. The molecule has 0 aliphatic carbocycles. The number of halogens is 1. The second-order valence-corrected chi connectivity index (χ2v) is 9.70. The van der Waals surface area contributed by atoms with Gasteiger partial charge in [0, 0.05) is 42.3 Å². The standard InChI is InChI=1S/C23H25N3O4S.ClH/c1-16(26-31(28,29)21-5-3-19-14-24-9-7-17(19)12-21)13-25-15-23(2,27)20-4-6-22-18(11-20)8-10-30-22;/h3-12,14,16,25-27H,13,15H2,1-2H3;1H/t16-,23?;/m1./s1. The van der Waals surface area contributed by atoms with Crippen LogP contribution in [-0.4, -0.2) is 37.6 Å². The van der Waals surface area contributed by atoms with Gasteiger partial charge in [-0.3, -0.25) is 4.98 Å². The number of hydrogen-bond acceptors (Lipinski definition) is 6. The first kappa shape index (κ1) is 24.2. The lowest BCUT2D eigenvalue weighted by molar-refractivity contribution is 0.0569. The summed E-state index contributed by atoms with van der Waals surface area (Å²) in [6, 6.07) is 13.8. The van der Waals surface area contributed by atoms with E-state index in [0.717, 1.165) is 27.3 Å². The van der Waals surface area contributed by atoms with Gasteiger partial charge in [0.25, 0.3) is 0 Å². The highest BCUT2D eigenvalue weighted by atomic mass is 35.5. The summed E-state index contributed by atoms with van der Waals surface area (Å²) in [7, 11) is -3.67. The Kier molecular flexibility index (Phi) is 7.22. The largest absolute Gasteiger partial charge is 0.464 e. The van der Waals surface area contributed by atoms with Gasteiger partial charge in [0.05, 0.1) is 16.8 Å². The van der Waals surface area contributed by atoms with Gasteiger partial charge in [-0.05, 0) is 61.2 Å². The SMILES string of the molecule is C[C@H](CNCC(C)(O)c1ccc2occc2c1)NS(=O)(=O)c1ccc2cnccc2c1.Cl. The van der Waals surface area contributed by atoms with Crippen molar-refractivity contribution in [3.63, 3.8) is 0 Å². The van der Waals surface area contributed by atoms with E-state index < -0.39 is 15.6 Å². The molecule has 170 valence electrons. The van der Waals surface area contributed by atoms with Gasteiger partial charge in [-0.2, -0.15) is 0 Å². The summed E-state index contributed by atoms with van der Waals surface area (Å²) in [6.45, 7) is 4.13. The average Bonchev–Trinajstić information content (AvgIpc) is 3.21. The number of aromatic nitrogens is 1. The fourth-order valence-corrected chi connectivity index (χ4v) is 4.82. The molecule has 0 spiro atoms. The van der Waals surface area contributed by atoms with Crippen LogP contribution in [0.2, 0.25) is 0 Å². The van der Waals surface area contributed by atoms with Crippen molar-refractivity contribution in [1.82, 2.24) is 15.0 Å². The Labute approximate surface area is 193 Å². The van der Waals surface area contributed by atoms with E-state index in [1.807, 2.05) is 24.3 Å². The van der Waals surface area contributed by atoms with Gasteiger partial charge in [0.2, 0.25) is 10.0 Å². The Morgan fingerprint density at radius 3 is 2.72 bits per heavy atom. The molecule has 2 heterocycles. The molecule has 3 N–H and O–H groups in total. The van der Waals surface area contributed by atoms with Gasteiger partial charge in [-0.25, -0.2) is 13.1 Å². The van der Waals surface area contributed by atoms with E-state index in [2.05, 4.69) is 15.0 Å². The number of hydrogen-bond donors (Lipinski definition) is 3. The molecule has 4 aromatic rings. The van der Waals surface area contributed by atoms with Crippen LogP contribution in [0.1, 0.15) is 19.4 Å². The molecule has 0 aliphatic heterocycles. The second-order valence-electron chi connectivity index (χ2n) is 7.98. The monoisotopic (exact) mass is 475 g/mol.